The van der Waals surface area contributed by atoms with E-state index in [9.17, 15) is 4.79 Å². The molecule has 1 rings (SSSR count). The highest BCUT2D eigenvalue weighted by Crippen LogP contribution is 2.06. The minimum atomic E-state index is -0.461. The van der Waals surface area contributed by atoms with Gasteiger partial charge in [0.2, 0.25) is 0 Å². The van der Waals surface area contributed by atoms with Gasteiger partial charge in [0.25, 0.3) is 0 Å². The molecule has 1 saturated heterocycles. The molecule has 0 bridgehead atoms. The van der Waals surface area contributed by atoms with Crippen molar-refractivity contribution in [1.29, 1.82) is 0 Å². The van der Waals surface area contributed by atoms with Crippen molar-refractivity contribution in [3.8, 4) is 0 Å². The highest BCUT2D eigenvalue weighted by atomic mass is 16.6. The third kappa shape index (κ3) is 5.77. The Balaban J connectivity index is 2.09. The van der Waals surface area contributed by atoms with Crippen molar-refractivity contribution in [1.82, 2.24) is 4.90 Å². The predicted octanol–water partition coefficient (Wildman–Crippen LogP) is -0.0867. The van der Waals surface area contributed by atoms with Crippen molar-refractivity contribution in [2.75, 3.05) is 60.3 Å². The van der Waals surface area contributed by atoms with Crippen LogP contribution in [0.3, 0.4) is 0 Å². The van der Waals surface area contributed by atoms with Gasteiger partial charge in [0, 0.05) is 40.0 Å². The Labute approximate surface area is 108 Å². The lowest BCUT2D eigenvalue weighted by atomic mass is 10.3. The van der Waals surface area contributed by atoms with E-state index in [1.807, 2.05) is 0 Å². The maximum Gasteiger partial charge on any atom is 0.336 e. The van der Waals surface area contributed by atoms with E-state index < -0.39 is 6.10 Å². The van der Waals surface area contributed by atoms with Gasteiger partial charge in [-0.25, -0.2) is 4.79 Å². The summed E-state index contributed by atoms with van der Waals surface area (Å²) in [5.74, 6) is -0.305. The molecule has 0 amide bonds. The fourth-order valence-electron chi connectivity index (χ4n) is 1.78. The lowest BCUT2D eigenvalue weighted by Crippen LogP contribution is -2.47. The van der Waals surface area contributed by atoms with Gasteiger partial charge >= 0.3 is 5.97 Å². The standard InChI is InChI=1S/C12H23NO5/c1-15-6-3-7-17-8-4-13-5-9-18-11(10-13)12(14)16-2/h11H,3-10H2,1-2H3. The number of esters is 1. The van der Waals surface area contributed by atoms with E-state index in [1.54, 1.807) is 7.11 Å². The summed E-state index contributed by atoms with van der Waals surface area (Å²) in [4.78, 5) is 13.5. The van der Waals surface area contributed by atoms with E-state index in [0.29, 0.717) is 26.4 Å². The second-order valence-corrected chi connectivity index (χ2v) is 4.14. The zero-order chi connectivity index (χ0) is 13.2. The Bertz CT molecular complexity index is 237. The topological polar surface area (TPSA) is 57.2 Å². The van der Waals surface area contributed by atoms with E-state index >= 15 is 0 Å². The quantitative estimate of drug-likeness (QED) is 0.450. The van der Waals surface area contributed by atoms with Gasteiger partial charge in [-0.15, -0.1) is 0 Å². The minimum absolute atomic E-state index is 0.305. The van der Waals surface area contributed by atoms with Gasteiger partial charge in [0.1, 0.15) is 0 Å². The molecule has 0 saturated carbocycles. The second kappa shape index (κ2) is 9.27. The first kappa shape index (κ1) is 15.4. The molecule has 0 radical (unpaired) electrons. The van der Waals surface area contributed by atoms with Crippen LogP contribution in [0.5, 0.6) is 0 Å². The number of hydrogen-bond donors (Lipinski definition) is 0. The van der Waals surface area contributed by atoms with E-state index in [1.165, 1.54) is 7.11 Å². The van der Waals surface area contributed by atoms with Crippen molar-refractivity contribution < 1.29 is 23.7 Å². The van der Waals surface area contributed by atoms with E-state index in [0.717, 1.165) is 26.1 Å². The van der Waals surface area contributed by atoms with E-state index in [-0.39, 0.29) is 5.97 Å². The molecule has 0 aromatic rings. The lowest BCUT2D eigenvalue weighted by Gasteiger charge is -2.31. The molecule has 1 atom stereocenters. The van der Waals surface area contributed by atoms with Crippen LogP contribution in [0.4, 0.5) is 0 Å². The van der Waals surface area contributed by atoms with Crippen LogP contribution in [0.15, 0.2) is 0 Å². The van der Waals surface area contributed by atoms with Crippen LogP contribution in [0.1, 0.15) is 6.42 Å². The Morgan fingerprint density at radius 3 is 2.89 bits per heavy atom. The minimum Gasteiger partial charge on any atom is -0.467 e. The van der Waals surface area contributed by atoms with Crippen molar-refractivity contribution in [2.45, 2.75) is 12.5 Å². The monoisotopic (exact) mass is 261 g/mol. The van der Waals surface area contributed by atoms with Crippen LogP contribution in [-0.4, -0.2) is 77.3 Å². The summed E-state index contributed by atoms with van der Waals surface area (Å²) in [6.07, 6.45) is 0.446. The van der Waals surface area contributed by atoms with Gasteiger partial charge in [-0.2, -0.15) is 0 Å². The van der Waals surface area contributed by atoms with Gasteiger partial charge < -0.3 is 18.9 Å². The highest BCUT2D eigenvalue weighted by Gasteiger charge is 2.26. The molecule has 1 fully saturated rings. The predicted molar refractivity (Wildman–Crippen MR) is 65.5 cm³/mol. The number of morpholine rings is 1. The average Bonchev–Trinajstić information content (AvgIpc) is 2.42. The molecule has 0 N–H and O–H groups in total. The zero-order valence-electron chi connectivity index (χ0n) is 11.2. The fraction of sp³-hybridized carbons (Fsp3) is 0.917. The maximum atomic E-state index is 11.3. The average molecular weight is 261 g/mol. The summed E-state index contributed by atoms with van der Waals surface area (Å²) in [7, 11) is 3.06. The first-order valence-corrected chi connectivity index (χ1v) is 6.26. The SMILES string of the molecule is COCCCOCCN1CCOC(C(=O)OC)C1. The summed E-state index contributed by atoms with van der Waals surface area (Å²) in [5, 5.41) is 0. The van der Waals surface area contributed by atoms with Crippen LogP contribution in [0.25, 0.3) is 0 Å². The van der Waals surface area contributed by atoms with Crippen LogP contribution < -0.4 is 0 Å². The van der Waals surface area contributed by atoms with Crippen molar-refractivity contribution in [3.63, 3.8) is 0 Å². The molecule has 0 aromatic carbocycles. The Hall–Kier alpha value is -0.690. The highest BCUT2D eigenvalue weighted by molar-refractivity contribution is 5.74. The molecule has 1 heterocycles. The number of carbonyl (C=O) groups is 1. The smallest absolute Gasteiger partial charge is 0.336 e. The number of methoxy groups -OCH3 is 2. The summed E-state index contributed by atoms with van der Waals surface area (Å²) >= 11 is 0. The molecule has 1 unspecified atom stereocenters. The van der Waals surface area contributed by atoms with E-state index in [4.69, 9.17) is 14.2 Å². The summed E-state index contributed by atoms with van der Waals surface area (Å²) in [6, 6.07) is 0. The first-order valence-electron chi connectivity index (χ1n) is 6.26. The van der Waals surface area contributed by atoms with Gasteiger partial charge in [-0.3, -0.25) is 4.90 Å². The molecule has 0 spiro atoms. The summed E-state index contributed by atoms with van der Waals surface area (Å²) in [6.45, 7) is 4.87. The van der Waals surface area contributed by atoms with Crippen LogP contribution in [0.2, 0.25) is 0 Å². The fourth-order valence-corrected chi connectivity index (χ4v) is 1.78. The molecular weight excluding hydrogens is 238 g/mol. The summed E-state index contributed by atoms with van der Waals surface area (Å²) < 4.78 is 20.4. The van der Waals surface area contributed by atoms with Crippen LogP contribution in [-0.2, 0) is 23.7 Å². The third-order valence-electron chi connectivity index (χ3n) is 2.80. The zero-order valence-corrected chi connectivity index (χ0v) is 11.2. The molecule has 1 aliphatic heterocycles. The molecule has 0 aromatic heterocycles. The Morgan fingerprint density at radius 1 is 1.33 bits per heavy atom. The normalized spacial score (nSPS) is 20.9. The van der Waals surface area contributed by atoms with Crippen molar-refractivity contribution in [3.05, 3.63) is 0 Å². The first-order chi connectivity index (χ1) is 8.77. The van der Waals surface area contributed by atoms with Gasteiger partial charge in [-0.05, 0) is 6.42 Å². The largest absolute Gasteiger partial charge is 0.467 e. The van der Waals surface area contributed by atoms with Crippen molar-refractivity contribution >= 4 is 5.97 Å². The van der Waals surface area contributed by atoms with Gasteiger partial charge in [0.15, 0.2) is 6.10 Å². The Kier molecular flexibility index (Phi) is 7.91. The third-order valence-corrected chi connectivity index (χ3v) is 2.80. The molecule has 0 aliphatic carbocycles. The Morgan fingerprint density at radius 2 is 2.17 bits per heavy atom. The molecular formula is C12H23NO5. The van der Waals surface area contributed by atoms with Crippen molar-refractivity contribution in [2.24, 2.45) is 0 Å². The molecule has 6 nitrogen and oxygen atoms in total. The second-order valence-electron chi connectivity index (χ2n) is 4.14. The van der Waals surface area contributed by atoms with Gasteiger partial charge in [0.05, 0.1) is 20.3 Å². The number of hydrogen-bond acceptors (Lipinski definition) is 6. The van der Waals surface area contributed by atoms with Gasteiger partial charge in [-0.1, -0.05) is 0 Å². The van der Waals surface area contributed by atoms with E-state index in [2.05, 4.69) is 9.64 Å². The molecule has 6 heteroatoms. The number of ether oxygens (including phenoxy) is 4. The number of rotatable bonds is 8. The number of carbonyl (C=O) groups excluding carboxylic acids is 1. The lowest BCUT2D eigenvalue weighted by molar-refractivity contribution is -0.160. The number of nitrogens with zero attached hydrogens (tertiary/aromatic N) is 1. The summed E-state index contributed by atoms with van der Waals surface area (Å²) in [5.41, 5.74) is 0. The molecule has 18 heavy (non-hydrogen) atoms. The molecule has 1 aliphatic rings. The molecule has 106 valence electrons. The maximum absolute atomic E-state index is 11.3. The van der Waals surface area contributed by atoms with Crippen LogP contribution in [0, 0.1) is 0 Å². The van der Waals surface area contributed by atoms with Crippen LogP contribution >= 0.6 is 0 Å².